The van der Waals surface area contributed by atoms with E-state index in [4.69, 9.17) is 4.74 Å². The predicted molar refractivity (Wildman–Crippen MR) is 118 cm³/mol. The number of hydrogen-bond donors (Lipinski definition) is 1. The summed E-state index contributed by atoms with van der Waals surface area (Å²) in [6.45, 7) is 2.79. The van der Waals surface area contributed by atoms with Gasteiger partial charge in [-0.3, -0.25) is 4.90 Å². The summed E-state index contributed by atoms with van der Waals surface area (Å²) in [4.78, 5) is 10.0. The Balaban J connectivity index is 1.48. The highest BCUT2D eigenvalue weighted by Gasteiger charge is 2.32. The molecule has 1 saturated heterocycles. The van der Waals surface area contributed by atoms with Crippen molar-refractivity contribution in [3.8, 4) is 11.6 Å². The van der Waals surface area contributed by atoms with Crippen molar-refractivity contribution in [2.75, 3.05) is 38.2 Å². The molecule has 0 bridgehead atoms. The van der Waals surface area contributed by atoms with Gasteiger partial charge >= 0.3 is 0 Å². The zero-order valence-electron chi connectivity index (χ0n) is 17.0. The standard InChI is InChI=1S/C22H22FN5O2S/c1-30-16-6-4-5-15(13-16)19(20-21(29)28-22(31-20)24-14-25-28)27-11-9-26(10-12-27)18-8-3-2-7-17(18)23/h2-8,13-14,19,29H,9-12H2,1H3/t19-/m1/s1. The molecule has 3 heterocycles. The molecule has 2 aromatic heterocycles. The van der Waals surface area contributed by atoms with Crippen LogP contribution in [0.3, 0.4) is 0 Å². The number of nitrogens with zero attached hydrogens (tertiary/aromatic N) is 5. The second kappa shape index (κ2) is 8.16. The van der Waals surface area contributed by atoms with Gasteiger partial charge in [-0.25, -0.2) is 9.37 Å². The van der Waals surface area contributed by atoms with Gasteiger partial charge in [-0.05, 0) is 29.8 Å². The molecule has 0 unspecified atom stereocenters. The van der Waals surface area contributed by atoms with Crippen molar-refractivity contribution in [2.45, 2.75) is 6.04 Å². The fraction of sp³-hybridized carbons (Fsp3) is 0.273. The van der Waals surface area contributed by atoms with Gasteiger partial charge in [0.25, 0.3) is 0 Å². The van der Waals surface area contributed by atoms with E-state index in [2.05, 4.69) is 19.9 Å². The third kappa shape index (κ3) is 3.60. The Morgan fingerprint density at radius 3 is 2.65 bits per heavy atom. The molecular weight excluding hydrogens is 417 g/mol. The topological polar surface area (TPSA) is 66.1 Å². The zero-order chi connectivity index (χ0) is 21.4. The summed E-state index contributed by atoms with van der Waals surface area (Å²) in [5, 5.41) is 15.0. The van der Waals surface area contributed by atoms with Gasteiger partial charge in [0.05, 0.1) is 23.7 Å². The third-order valence-corrected chi connectivity index (χ3v) is 6.76. The Kier molecular flexibility index (Phi) is 5.21. The average molecular weight is 440 g/mol. The van der Waals surface area contributed by atoms with Crippen LogP contribution in [0.25, 0.3) is 4.96 Å². The molecule has 0 radical (unpaired) electrons. The molecule has 1 N–H and O–H groups in total. The minimum Gasteiger partial charge on any atom is -0.497 e. The first-order valence-corrected chi connectivity index (χ1v) is 10.9. The maximum absolute atomic E-state index is 14.3. The molecule has 0 amide bonds. The van der Waals surface area contributed by atoms with Gasteiger partial charge in [-0.2, -0.15) is 9.61 Å². The Morgan fingerprint density at radius 1 is 1.10 bits per heavy atom. The molecule has 0 saturated carbocycles. The lowest BCUT2D eigenvalue weighted by molar-refractivity contribution is 0.210. The molecule has 4 aromatic rings. The maximum Gasteiger partial charge on any atom is 0.230 e. The third-order valence-electron chi connectivity index (χ3n) is 5.67. The van der Waals surface area contributed by atoms with Crippen LogP contribution in [-0.2, 0) is 0 Å². The van der Waals surface area contributed by atoms with Crippen LogP contribution in [0.15, 0.2) is 54.9 Å². The molecule has 7 nitrogen and oxygen atoms in total. The molecule has 2 aromatic carbocycles. The average Bonchev–Trinajstić information content (AvgIpc) is 3.38. The molecule has 0 aliphatic carbocycles. The van der Waals surface area contributed by atoms with Crippen molar-refractivity contribution in [1.29, 1.82) is 0 Å². The summed E-state index contributed by atoms with van der Waals surface area (Å²) < 4.78 is 21.2. The highest BCUT2D eigenvalue weighted by molar-refractivity contribution is 7.17. The maximum atomic E-state index is 14.3. The van der Waals surface area contributed by atoms with Gasteiger partial charge < -0.3 is 14.7 Å². The quantitative estimate of drug-likeness (QED) is 0.513. The number of aromatic hydroxyl groups is 1. The second-order valence-corrected chi connectivity index (χ2v) is 8.41. The highest BCUT2D eigenvalue weighted by atomic mass is 32.1. The lowest BCUT2D eigenvalue weighted by atomic mass is 10.0. The number of halogens is 1. The van der Waals surface area contributed by atoms with Crippen molar-refractivity contribution in [3.05, 3.63) is 71.1 Å². The van der Waals surface area contributed by atoms with E-state index in [9.17, 15) is 9.50 Å². The van der Waals surface area contributed by atoms with E-state index in [1.54, 1.807) is 13.2 Å². The van der Waals surface area contributed by atoms with E-state index < -0.39 is 0 Å². The number of methoxy groups -OCH3 is 1. The van der Waals surface area contributed by atoms with Gasteiger partial charge in [0.1, 0.15) is 17.9 Å². The Hall–Kier alpha value is -3.17. The first-order chi connectivity index (χ1) is 15.2. The van der Waals surface area contributed by atoms with Gasteiger partial charge in [0, 0.05) is 26.2 Å². The molecule has 31 heavy (non-hydrogen) atoms. The van der Waals surface area contributed by atoms with Crippen molar-refractivity contribution in [1.82, 2.24) is 19.5 Å². The van der Waals surface area contributed by atoms with E-state index in [0.717, 1.165) is 16.2 Å². The number of fused-ring (bicyclic) bond motifs is 1. The molecule has 160 valence electrons. The zero-order valence-corrected chi connectivity index (χ0v) is 17.8. The van der Waals surface area contributed by atoms with Crippen LogP contribution in [0.1, 0.15) is 16.5 Å². The molecule has 1 aliphatic rings. The van der Waals surface area contributed by atoms with Crippen LogP contribution in [-0.4, -0.2) is 57.9 Å². The minimum absolute atomic E-state index is 0.0989. The van der Waals surface area contributed by atoms with Crippen molar-refractivity contribution < 1.29 is 14.2 Å². The van der Waals surface area contributed by atoms with Crippen LogP contribution >= 0.6 is 11.3 Å². The summed E-state index contributed by atoms with van der Waals surface area (Å²) in [6, 6.07) is 14.6. The van der Waals surface area contributed by atoms with Gasteiger partial charge in [0.2, 0.25) is 10.8 Å². The van der Waals surface area contributed by atoms with Crippen molar-refractivity contribution in [3.63, 3.8) is 0 Å². The molecule has 5 rings (SSSR count). The molecule has 1 fully saturated rings. The summed E-state index contributed by atoms with van der Waals surface area (Å²) in [7, 11) is 1.64. The van der Waals surface area contributed by atoms with Crippen LogP contribution < -0.4 is 9.64 Å². The van der Waals surface area contributed by atoms with Crippen LogP contribution in [0.2, 0.25) is 0 Å². The Morgan fingerprint density at radius 2 is 1.90 bits per heavy atom. The molecule has 0 spiro atoms. The van der Waals surface area contributed by atoms with Gasteiger partial charge in [-0.1, -0.05) is 35.6 Å². The largest absolute Gasteiger partial charge is 0.497 e. The Bertz CT molecular complexity index is 1200. The fourth-order valence-electron chi connectivity index (χ4n) is 4.14. The SMILES string of the molecule is COc1cccc([C@H](c2sc3ncnn3c2O)N2CCN(c3ccccc3F)CC2)c1. The van der Waals surface area contributed by atoms with Crippen molar-refractivity contribution in [2.24, 2.45) is 0 Å². The molecule has 1 aliphatic heterocycles. The van der Waals surface area contributed by atoms with Crippen LogP contribution in [0, 0.1) is 5.82 Å². The summed E-state index contributed by atoms with van der Waals surface area (Å²) in [5.74, 6) is 0.650. The van der Waals surface area contributed by atoms with E-state index in [1.807, 2.05) is 36.4 Å². The Labute approximate surface area is 182 Å². The summed E-state index contributed by atoms with van der Waals surface area (Å²) >= 11 is 1.42. The lowest BCUT2D eigenvalue weighted by Crippen LogP contribution is -2.48. The van der Waals surface area contributed by atoms with Crippen LogP contribution in [0.4, 0.5) is 10.1 Å². The normalized spacial score (nSPS) is 16.0. The number of piperazine rings is 1. The van der Waals surface area contributed by atoms with E-state index >= 15 is 0 Å². The van der Waals surface area contributed by atoms with Crippen molar-refractivity contribution >= 4 is 22.0 Å². The first-order valence-electron chi connectivity index (χ1n) is 10.0. The number of ether oxygens (including phenoxy) is 1. The number of para-hydroxylation sites is 1. The second-order valence-electron chi connectivity index (χ2n) is 7.40. The summed E-state index contributed by atoms with van der Waals surface area (Å²) in [6.07, 6.45) is 1.43. The van der Waals surface area contributed by atoms with E-state index in [1.165, 1.54) is 28.2 Å². The highest BCUT2D eigenvalue weighted by Crippen LogP contribution is 2.41. The smallest absolute Gasteiger partial charge is 0.230 e. The number of thiazole rings is 1. The fourth-order valence-corrected chi connectivity index (χ4v) is 5.23. The van der Waals surface area contributed by atoms with E-state index in [-0.39, 0.29) is 17.7 Å². The van der Waals surface area contributed by atoms with E-state index in [0.29, 0.717) is 36.8 Å². The molecule has 1 atom stereocenters. The molecular formula is C22H22FN5O2S. The number of hydrogen-bond acceptors (Lipinski definition) is 7. The number of aromatic nitrogens is 3. The lowest BCUT2D eigenvalue weighted by Gasteiger charge is -2.40. The number of benzene rings is 2. The molecule has 9 heteroatoms. The predicted octanol–water partition coefficient (Wildman–Crippen LogP) is 3.56. The monoisotopic (exact) mass is 439 g/mol. The minimum atomic E-state index is -0.205. The first kappa shape index (κ1) is 19.8. The van der Waals surface area contributed by atoms with Gasteiger partial charge in [-0.15, -0.1) is 0 Å². The van der Waals surface area contributed by atoms with Crippen LogP contribution in [0.5, 0.6) is 11.6 Å². The summed E-state index contributed by atoms with van der Waals surface area (Å²) in [5.41, 5.74) is 1.64. The number of anilines is 1. The number of rotatable bonds is 5. The van der Waals surface area contributed by atoms with Gasteiger partial charge in [0.15, 0.2) is 0 Å².